The van der Waals surface area contributed by atoms with Crippen LogP contribution in [0.1, 0.15) is 20.3 Å². The molecule has 0 aliphatic heterocycles. The SMILES string of the molecule is CC(C)CC(=O)NCC(=O)Nc1cccc2c(=O)[nH][nH]c(=O)c12. The Morgan fingerprint density at radius 3 is 2.48 bits per heavy atom. The van der Waals surface area contributed by atoms with E-state index in [0.717, 1.165) is 0 Å². The van der Waals surface area contributed by atoms with Gasteiger partial charge in [-0.15, -0.1) is 0 Å². The van der Waals surface area contributed by atoms with Crippen molar-refractivity contribution in [2.75, 3.05) is 11.9 Å². The van der Waals surface area contributed by atoms with Crippen LogP contribution in [0, 0.1) is 5.92 Å². The first-order valence-electron chi connectivity index (χ1n) is 7.18. The Kier molecular flexibility index (Phi) is 4.95. The van der Waals surface area contributed by atoms with E-state index in [2.05, 4.69) is 20.8 Å². The number of amides is 2. The molecule has 8 heteroatoms. The number of aromatic nitrogens is 2. The zero-order valence-corrected chi connectivity index (χ0v) is 12.9. The number of fused-ring (bicyclic) bond motifs is 1. The van der Waals surface area contributed by atoms with Gasteiger partial charge in [0, 0.05) is 6.42 Å². The van der Waals surface area contributed by atoms with Gasteiger partial charge in [-0.2, -0.15) is 0 Å². The van der Waals surface area contributed by atoms with Crippen molar-refractivity contribution >= 4 is 28.3 Å². The van der Waals surface area contributed by atoms with Gasteiger partial charge in [0.2, 0.25) is 11.8 Å². The molecule has 23 heavy (non-hydrogen) atoms. The molecular formula is C15H18N4O4. The number of carbonyl (C=O) groups is 2. The summed E-state index contributed by atoms with van der Waals surface area (Å²) in [7, 11) is 0. The predicted octanol–water partition coefficient (Wildman–Crippen LogP) is 0.317. The van der Waals surface area contributed by atoms with E-state index in [1.54, 1.807) is 6.07 Å². The van der Waals surface area contributed by atoms with Gasteiger partial charge in [-0.1, -0.05) is 19.9 Å². The van der Waals surface area contributed by atoms with Crippen LogP contribution in [-0.4, -0.2) is 28.6 Å². The molecule has 0 radical (unpaired) electrons. The number of hydrogen-bond acceptors (Lipinski definition) is 4. The van der Waals surface area contributed by atoms with Crippen LogP contribution in [0.4, 0.5) is 5.69 Å². The van der Waals surface area contributed by atoms with Gasteiger partial charge in [-0.25, -0.2) is 0 Å². The Morgan fingerprint density at radius 1 is 1.09 bits per heavy atom. The molecule has 0 saturated carbocycles. The van der Waals surface area contributed by atoms with Crippen molar-refractivity contribution in [2.45, 2.75) is 20.3 Å². The van der Waals surface area contributed by atoms with Gasteiger partial charge in [-0.3, -0.25) is 29.4 Å². The topological polar surface area (TPSA) is 124 Å². The van der Waals surface area contributed by atoms with Crippen LogP contribution in [0.25, 0.3) is 10.8 Å². The Hall–Kier alpha value is -2.90. The minimum atomic E-state index is -0.514. The first kappa shape index (κ1) is 16.5. The number of aromatic amines is 2. The van der Waals surface area contributed by atoms with Gasteiger partial charge in [0.1, 0.15) is 0 Å². The summed E-state index contributed by atoms with van der Waals surface area (Å²) in [5.41, 5.74) is -0.752. The molecule has 0 atom stereocenters. The molecule has 0 unspecified atom stereocenters. The molecule has 0 saturated heterocycles. The van der Waals surface area contributed by atoms with Crippen LogP contribution in [0.3, 0.4) is 0 Å². The quantitative estimate of drug-likeness (QED) is 0.633. The average Bonchev–Trinajstić information content (AvgIpc) is 2.48. The third-order valence-corrected chi connectivity index (χ3v) is 3.14. The lowest BCUT2D eigenvalue weighted by molar-refractivity contribution is -0.124. The molecule has 0 fully saturated rings. The molecule has 0 aliphatic rings. The minimum Gasteiger partial charge on any atom is -0.347 e. The molecule has 2 aromatic rings. The van der Waals surface area contributed by atoms with E-state index in [9.17, 15) is 19.2 Å². The van der Waals surface area contributed by atoms with Crippen LogP contribution in [0.15, 0.2) is 27.8 Å². The second-order valence-corrected chi connectivity index (χ2v) is 5.56. The van der Waals surface area contributed by atoms with E-state index >= 15 is 0 Å². The normalized spacial score (nSPS) is 10.7. The molecule has 0 aliphatic carbocycles. The second kappa shape index (κ2) is 6.91. The van der Waals surface area contributed by atoms with Crippen LogP contribution in [-0.2, 0) is 9.59 Å². The number of carbonyl (C=O) groups excluding carboxylic acids is 2. The number of nitrogens with one attached hydrogen (secondary N) is 4. The number of benzene rings is 1. The molecule has 4 N–H and O–H groups in total. The van der Waals surface area contributed by atoms with E-state index in [0.29, 0.717) is 6.42 Å². The van der Waals surface area contributed by atoms with Crippen LogP contribution >= 0.6 is 0 Å². The highest BCUT2D eigenvalue weighted by atomic mass is 16.2. The third-order valence-electron chi connectivity index (χ3n) is 3.14. The van der Waals surface area contributed by atoms with Crippen LogP contribution in [0.2, 0.25) is 0 Å². The van der Waals surface area contributed by atoms with Gasteiger partial charge in [0.15, 0.2) is 0 Å². The zero-order chi connectivity index (χ0) is 17.0. The molecule has 1 heterocycles. The smallest absolute Gasteiger partial charge is 0.272 e. The summed E-state index contributed by atoms with van der Waals surface area (Å²) < 4.78 is 0. The Balaban J connectivity index is 2.15. The van der Waals surface area contributed by atoms with Crippen molar-refractivity contribution in [3.05, 3.63) is 38.9 Å². The van der Waals surface area contributed by atoms with E-state index in [1.807, 2.05) is 13.8 Å². The molecule has 1 aromatic carbocycles. The van der Waals surface area contributed by atoms with Gasteiger partial charge in [0.05, 0.1) is 23.0 Å². The highest BCUT2D eigenvalue weighted by molar-refractivity contribution is 6.02. The summed E-state index contributed by atoms with van der Waals surface area (Å²) in [5, 5.41) is 9.74. The first-order chi connectivity index (χ1) is 10.9. The maximum Gasteiger partial charge on any atom is 0.272 e. The van der Waals surface area contributed by atoms with Crippen LogP contribution < -0.4 is 21.8 Å². The van der Waals surface area contributed by atoms with Crippen molar-refractivity contribution in [1.29, 1.82) is 0 Å². The van der Waals surface area contributed by atoms with Gasteiger partial charge in [-0.05, 0) is 18.1 Å². The van der Waals surface area contributed by atoms with Gasteiger partial charge < -0.3 is 10.6 Å². The van der Waals surface area contributed by atoms with Crippen molar-refractivity contribution in [1.82, 2.24) is 15.5 Å². The van der Waals surface area contributed by atoms with Gasteiger partial charge >= 0.3 is 0 Å². The minimum absolute atomic E-state index is 0.0955. The maximum atomic E-state index is 11.9. The lowest BCUT2D eigenvalue weighted by Gasteiger charge is -2.09. The molecule has 0 spiro atoms. The molecular weight excluding hydrogens is 300 g/mol. The highest BCUT2D eigenvalue weighted by Crippen LogP contribution is 2.16. The predicted molar refractivity (Wildman–Crippen MR) is 86.3 cm³/mol. The molecule has 0 bridgehead atoms. The van der Waals surface area contributed by atoms with Crippen molar-refractivity contribution in [2.24, 2.45) is 5.92 Å². The lowest BCUT2D eigenvalue weighted by Crippen LogP contribution is -2.33. The van der Waals surface area contributed by atoms with E-state index in [4.69, 9.17) is 0 Å². The summed E-state index contributed by atoms with van der Waals surface area (Å²) in [6.45, 7) is 3.60. The van der Waals surface area contributed by atoms with Crippen molar-refractivity contribution in [3.8, 4) is 0 Å². The van der Waals surface area contributed by atoms with Crippen molar-refractivity contribution < 1.29 is 9.59 Å². The summed E-state index contributed by atoms with van der Waals surface area (Å²) >= 11 is 0. The zero-order valence-electron chi connectivity index (χ0n) is 12.9. The number of hydrogen-bond donors (Lipinski definition) is 4. The fraction of sp³-hybridized carbons (Fsp3) is 0.333. The molecule has 1 aromatic heterocycles. The number of H-pyrrole nitrogens is 2. The Morgan fingerprint density at radius 2 is 1.78 bits per heavy atom. The monoisotopic (exact) mass is 318 g/mol. The fourth-order valence-electron chi connectivity index (χ4n) is 2.15. The summed E-state index contributed by atoms with van der Waals surface area (Å²) in [4.78, 5) is 47.0. The lowest BCUT2D eigenvalue weighted by atomic mass is 10.1. The summed E-state index contributed by atoms with van der Waals surface area (Å²) in [6, 6.07) is 4.57. The molecule has 8 nitrogen and oxygen atoms in total. The number of rotatable bonds is 5. The third kappa shape index (κ3) is 4.06. The fourth-order valence-corrected chi connectivity index (χ4v) is 2.15. The number of anilines is 1. The standard InChI is InChI=1S/C15H18N4O4/c1-8(2)6-11(20)16-7-12(21)17-10-5-3-4-9-13(10)15(23)19-18-14(9)22/h3-5,8H,6-7H2,1-2H3,(H,16,20)(H,17,21)(H,18,22)(H,19,23). The highest BCUT2D eigenvalue weighted by Gasteiger charge is 2.12. The Bertz CT molecular complexity index is 850. The van der Waals surface area contributed by atoms with Crippen molar-refractivity contribution in [3.63, 3.8) is 0 Å². The largest absolute Gasteiger partial charge is 0.347 e. The second-order valence-electron chi connectivity index (χ2n) is 5.56. The van der Waals surface area contributed by atoms with E-state index < -0.39 is 17.0 Å². The molecule has 2 rings (SSSR count). The average molecular weight is 318 g/mol. The molecule has 122 valence electrons. The maximum absolute atomic E-state index is 11.9. The van der Waals surface area contributed by atoms with E-state index in [1.165, 1.54) is 12.1 Å². The summed E-state index contributed by atoms with van der Waals surface area (Å²) in [6.07, 6.45) is 0.330. The van der Waals surface area contributed by atoms with E-state index in [-0.39, 0.29) is 34.8 Å². The van der Waals surface area contributed by atoms with Crippen LogP contribution in [0.5, 0.6) is 0 Å². The molecule has 2 amide bonds. The Labute approximate surface area is 131 Å². The first-order valence-corrected chi connectivity index (χ1v) is 7.18. The summed E-state index contributed by atoms with van der Waals surface area (Å²) in [5.74, 6) is -0.502. The van der Waals surface area contributed by atoms with Gasteiger partial charge in [0.25, 0.3) is 11.1 Å².